The van der Waals surface area contributed by atoms with E-state index in [4.69, 9.17) is 0 Å². The third kappa shape index (κ3) is 4.31. The Kier molecular flexibility index (Phi) is 6.20. The standard InChI is InChI=1S/C14H19BrO4S/c1-4-5-6-7-10-8-12(15)11(14(16)19-2)9-13(10)20(3,17)18/h8-9H,4-7H2,1-3H3. The zero-order valence-electron chi connectivity index (χ0n) is 11.9. The quantitative estimate of drug-likeness (QED) is 0.574. The van der Waals surface area contributed by atoms with Crippen LogP contribution in [0.15, 0.2) is 21.5 Å². The highest BCUT2D eigenvalue weighted by atomic mass is 79.9. The Labute approximate surface area is 128 Å². The minimum absolute atomic E-state index is 0.206. The van der Waals surface area contributed by atoms with Gasteiger partial charge in [-0.15, -0.1) is 0 Å². The van der Waals surface area contributed by atoms with Gasteiger partial charge in [0.2, 0.25) is 0 Å². The summed E-state index contributed by atoms with van der Waals surface area (Å²) in [5.74, 6) is -0.554. The van der Waals surface area contributed by atoms with Crippen molar-refractivity contribution < 1.29 is 17.9 Å². The molecule has 1 aromatic rings. The minimum Gasteiger partial charge on any atom is -0.465 e. The normalized spacial score (nSPS) is 11.4. The van der Waals surface area contributed by atoms with Gasteiger partial charge in [0.15, 0.2) is 9.84 Å². The molecule has 0 saturated heterocycles. The summed E-state index contributed by atoms with van der Waals surface area (Å²) in [7, 11) is -2.11. The summed E-state index contributed by atoms with van der Waals surface area (Å²) < 4.78 is 29.0. The second kappa shape index (κ2) is 7.22. The van der Waals surface area contributed by atoms with Crippen molar-refractivity contribution in [2.75, 3.05) is 13.4 Å². The van der Waals surface area contributed by atoms with Crippen LogP contribution in [0.1, 0.15) is 42.1 Å². The molecule has 0 aromatic heterocycles. The third-order valence-corrected chi connectivity index (χ3v) is 4.84. The molecule has 20 heavy (non-hydrogen) atoms. The van der Waals surface area contributed by atoms with Crippen LogP contribution in [-0.2, 0) is 21.0 Å². The first-order chi connectivity index (χ1) is 9.31. The largest absolute Gasteiger partial charge is 0.465 e. The summed E-state index contributed by atoms with van der Waals surface area (Å²) in [5.41, 5.74) is 0.965. The second-order valence-electron chi connectivity index (χ2n) is 4.66. The van der Waals surface area contributed by atoms with Crippen molar-refractivity contribution in [1.29, 1.82) is 0 Å². The van der Waals surface area contributed by atoms with E-state index in [0.29, 0.717) is 10.9 Å². The average Bonchev–Trinajstić information content (AvgIpc) is 2.37. The van der Waals surface area contributed by atoms with E-state index in [-0.39, 0.29) is 10.5 Å². The number of sulfone groups is 1. The van der Waals surface area contributed by atoms with Crippen LogP contribution in [0.5, 0.6) is 0 Å². The Morgan fingerprint density at radius 2 is 1.95 bits per heavy atom. The number of carbonyl (C=O) groups is 1. The number of halogens is 1. The maximum Gasteiger partial charge on any atom is 0.339 e. The van der Waals surface area contributed by atoms with Gasteiger partial charge < -0.3 is 4.74 Å². The van der Waals surface area contributed by atoms with Crippen molar-refractivity contribution in [3.8, 4) is 0 Å². The predicted molar refractivity (Wildman–Crippen MR) is 81.8 cm³/mol. The van der Waals surface area contributed by atoms with Crippen molar-refractivity contribution in [2.24, 2.45) is 0 Å². The zero-order chi connectivity index (χ0) is 15.3. The zero-order valence-corrected chi connectivity index (χ0v) is 14.3. The highest BCUT2D eigenvalue weighted by Crippen LogP contribution is 2.27. The molecule has 0 spiro atoms. The molecule has 0 aliphatic rings. The number of benzene rings is 1. The number of aryl methyl sites for hydroxylation is 1. The molecule has 0 radical (unpaired) electrons. The molecule has 6 heteroatoms. The van der Waals surface area contributed by atoms with Gasteiger partial charge in [-0.25, -0.2) is 13.2 Å². The van der Waals surface area contributed by atoms with Crippen LogP contribution < -0.4 is 0 Å². The molecular weight excluding hydrogens is 344 g/mol. The number of ether oxygens (including phenoxy) is 1. The number of esters is 1. The SMILES string of the molecule is CCCCCc1cc(Br)c(C(=O)OC)cc1S(C)(=O)=O. The van der Waals surface area contributed by atoms with Gasteiger partial charge in [0.25, 0.3) is 0 Å². The van der Waals surface area contributed by atoms with Gasteiger partial charge in [-0.3, -0.25) is 0 Å². The van der Waals surface area contributed by atoms with E-state index in [2.05, 4.69) is 27.6 Å². The van der Waals surface area contributed by atoms with Crippen molar-refractivity contribution in [3.63, 3.8) is 0 Å². The number of unbranched alkanes of at least 4 members (excludes halogenated alkanes) is 2. The summed E-state index contributed by atoms with van der Waals surface area (Å²) in [6.07, 6.45) is 4.86. The first-order valence-electron chi connectivity index (χ1n) is 6.42. The van der Waals surface area contributed by atoms with Gasteiger partial charge in [-0.2, -0.15) is 0 Å². The fourth-order valence-electron chi connectivity index (χ4n) is 1.97. The molecule has 0 atom stereocenters. The Hall–Kier alpha value is -0.880. The highest BCUT2D eigenvalue weighted by Gasteiger charge is 2.20. The van der Waals surface area contributed by atoms with Crippen LogP contribution >= 0.6 is 15.9 Å². The Balaban J connectivity index is 3.30. The molecule has 0 fully saturated rings. The lowest BCUT2D eigenvalue weighted by Gasteiger charge is -2.11. The van der Waals surface area contributed by atoms with Gasteiger partial charge in [0.1, 0.15) is 0 Å². The fourth-order valence-corrected chi connectivity index (χ4v) is 3.49. The molecular formula is C14H19BrO4S. The topological polar surface area (TPSA) is 60.4 Å². The van der Waals surface area contributed by atoms with Crippen LogP contribution in [0, 0.1) is 0 Å². The molecule has 1 aromatic carbocycles. The highest BCUT2D eigenvalue weighted by molar-refractivity contribution is 9.10. The number of carbonyl (C=O) groups excluding carboxylic acids is 1. The molecule has 1 rings (SSSR count). The van der Waals surface area contributed by atoms with E-state index >= 15 is 0 Å². The lowest BCUT2D eigenvalue weighted by Crippen LogP contribution is -2.09. The van der Waals surface area contributed by atoms with Gasteiger partial charge in [0, 0.05) is 10.7 Å². The monoisotopic (exact) mass is 362 g/mol. The van der Waals surface area contributed by atoms with Gasteiger partial charge >= 0.3 is 5.97 Å². The van der Waals surface area contributed by atoms with Crippen molar-refractivity contribution in [3.05, 3.63) is 27.7 Å². The molecule has 0 amide bonds. The molecule has 0 unspecified atom stereocenters. The van der Waals surface area contributed by atoms with Crippen molar-refractivity contribution in [2.45, 2.75) is 37.5 Å². The minimum atomic E-state index is -3.38. The number of hydrogen-bond acceptors (Lipinski definition) is 4. The number of hydrogen-bond donors (Lipinski definition) is 0. The van der Waals surface area contributed by atoms with E-state index in [1.54, 1.807) is 6.07 Å². The van der Waals surface area contributed by atoms with Crippen LogP contribution in [-0.4, -0.2) is 27.8 Å². The first kappa shape index (κ1) is 17.2. The molecule has 4 nitrogen and oxygen atoms in total. The fraction of sp³-hybridized carbons (Fsp3) is 0.500. The average molecular weight is 363 g/mol. The second-order valence-corrected chi connectivity index (χ2v) is 7.50. The number of methoxy groups -OCH3 is 1. The van der Waals surface area contributed by atoms with E-state index in [0.717, 1.165) is 31.1 Å². The molecule has 0 aliphatic heterocycles. The maximum absolute atomic E-state index is 11.9. The van der Waals surface area contributed by atoms with Gasteiger partial charge in [0.05, 0.1) is 17.6 Å². The predicted octanol–water partition coefficient (Wildman–Crippen LogP) is 3.37. The Morgan fingerprint density at radius 3 is 2.45 bits per heavy atom. The van der Waals surface area contributed by atoms with E-state index < -0.39 is 15.8 Å². The Bertz CT molecular complexity index is 593. The van der Waals surface area contributed by atoms with Crippen LogP contribution in [0.25, 0.3) is 0 Å². The molecule has 0 N–H and O–H groups in total. The number of rotatable bonds is 6. The summed E-state index contributed by atoms with van der Waals surface area (Å²) >= 11 is 3.30. The summed E-state index contributed by atoms with van der Waals surface area (Å²) in [6.45, 7) is 2.09. The maximum atomic E-state index is 11.9. The van der Waals surface area contributed by atoms with Crippen molar-refractivity contribution in [1.82, 2.24) is 0 Å². The Morgan fingerprint density at radius 1 is 1.30 bits per heavy atom. The summed E-state index contributed by atoms with van der Waals surface area (Å²) in [4.78, 5) is 11.8. The summed E-state index contributed by atoms with van der Waals surface area (Å²) in [6, 6.07) is 3.10. The molecule has 0 bridgehead atoms. The third-order valence-electron chi connectivity index (χ3n) is 3.00. The molecule has 0 saturated carbocycles. The molecule has 112 valence electrons. The lowest BCUT2D eigenvalue weighted by molar-refractivity contribution is 0.0599. The van der Waals surface area contributed by atoms with Crippen molar-refractivity contribution >= 4 is 31.7 Å². The van der Waals surface area contributed by atoms with Gasteiger partial charge in [-0.05, 0) is 46.5 Å². The van der Waals surface area contributed by atoms with Crippen LogP contribution in [0.2, 0.25) is 0 Å². The van der Waals surface area contributed by atoms with Crippen LogP contribution in [0.3, 0.4) is 0 Å². The van der Waals surface area contributed by atoms with Crippen LogP contribution in [0.4, 0.5) is 0 Å². The summed E-state index contributed by atoms with van der Waals surface area (Å²) in [5, 5.41) is 0. The molecule has 0 aliphatic carbocycles. The lowest BCUT2D eigenvalue weighted by atomic mass is 10.1. The van der Waals surface area contributed by atoms with Gasteiger partial charge in [-0.1, -0.05) is 19.8 Å². The molecule has 0 heterocycles. The van der Waals surface area contributed by atoms with E-state index in [1.807, 2.05) is 0 Å². The van der Waals surface area contributed by atoms with E-state index in [9.17, 15) is 13.2 Å². The van der Waals surface area contributed by atoms with E-state index in [1.165, 1.54) is 13.2 Å². The smallest absolute Gasteiger partial charge is 0.339 e. The first-order valence-corrected chi connectivity index (χ1v) is 9.10.